The number of nitrogens with zero attached hydrogens (tertiary/aromatic N) is 1. The van der Waals surface area contributed by atoms with Crippen molar-refractivity contribution in [2.24, 2.45) is 0 Å². The van der Waals surface area contributed by atoms with Crippen LogP contribution in [0.3, 0.4) is 0 Å². The lowest BCUT2D eigenvalue weighted by Gasteiger charge is -2.41. The van der Waals surface area contributed by atoms with Crippen LogP contribution in [0.25, 0.3) is 0 Å². The van der Waals surface area contributed by atoms with Crippen LogP contribution in [0.5, 0.6) is 0 Å². The molecule has 0 unspecified atom stereocenters. The molecular formula is C16H30BrN. The Morgan fingerprint density at radius 3 is 1.67 bits per heavy atom. The number of halogens is 1. The minimum absolute atomic E-state index is 0.928. The number of alkyl halides is 1. The highest BCUT2D eigenvalue weighted by Crippen LogP contribution is 2.30. The molecule has 18 heavy (non-hydrogen) atoms. The van der Waals surface area contributed by atoms with E-state index in [2.05, 4.69) is 20.8 Å². The van der Waals surface area contributed by atoms with Gasteiger partial charge in [-0.2, -0.15) is 0 Å². The second kappa shape index (κ2) is 8.58. The topological polar surface area (TPSA) is 3.24 Å². The minimum atomic E-state index is 0.928. The van der Waals surface area contributed by atoms with Crippen molar-refractivity contribution in [2.45, 2.75) is 89.1 Å². The van der Waals surface area contributed by atoms with Gasteiger partial charge in [0, 0.05) is 17.4 Å². The van der Waals surface area contributed by atoms with Crippen molar-refractivity contribution in [3.8, 4) is 0 Å². The smallest absolute Gasteiger partial charge is 0.00981 e. The predicted molar refractivity (Wildman–Crippen MR) is 83.5 cm³/mol. The molecule has 0 aromatic heterocycles. The highest BCUT2D eigenvalue weighted by atomic mass is 79.9. The van der Waals surface area contributed by atoms with Gasteiger partial charge in [-0.3, -0.25) is 4.90 Å². The summed E-state index contributed by atoms with van der Waals surface area (Å²) in [5.74, 6) is 0. The summed E-state index contributed by atoms with van der Waals surface area (Å²) in [7, 11) is 0. The van der Waals surface area contributed by atoms with Crippen molar-refractivity contribution in [2.75, 3.05) is 11.9 Å². The normalized spacial score (nSPS) is 23.7. The summed E-state index contributed by atoms with van der Waals surface area (Å²) in [4.78, 5) is 2.93. The van der Waals surface area contributed by atoms with E-state index in [4.69, 9.17) is 0 Å². The van der Waals surface area contributed by atoms with Gasteiger partial charge in [0.2, 0.25) is 0 Å². The standard InChI is InChI=1S/C16H30BrN/c17-13-7-8-14-18(15-9-3-1-4-10-15)16-11-5-2-6-12-16/h15-16H,1-14H2. The molecule has 2 rings (SSSR count). The molecule has 0 amide bonds. The van der Waals surface area contributed by atoms with Crippen LogP contribution in [0.2, 0.25) is 0 Å². The third-order valence-electron chi connectivity index (χ3n) is 4.89. The summed E-state index contributed by atoms with van der Waals surface area (Å²) in [6.07, 6.45) is 17.5. The average Bonchev–Trinajstić information content (AvgIpc) is 2.46. The van der Waals surface area contributed by atoms with Gasteiger partial charge in [-0.05, 0) is 45.1 Å². The van der Waals surface area contributed by atoms with E-state index >= 15 is 0 Å². The van der Waals surface area contributed by atoms with E-state index in [0.717, 1.165) is 12.1 Å². The Morgan fingerprint density at radius 2 is 1.22 bits per heavy atom. The largest absolute Gasteiger partial charge is 0.297 e. The van der Waals surface area contributed by atoms with Gasteiger partial charge in [0.25, 0.3) is 0 Å². The molecule has 0 aromatic carbocycles. The van der Waals surface area contributed by atoms with E-state index in [1.807, 2.05) is 0 Å². The predicted octanol–water partition coefficient (Wildman–Crippen LogP) is 5.13. The van der Waals surface area contributed by atoms with Crippen molar-refractivity contribution in [3.05, 3.63) is 0 Å². The first-order valence-electron chi connectivity index (χ1n) is 8.23. The van der Waals surface area contributed by atoms with Gasteiger partial charge in [-0.1, -0.05) is 54.5 Å². The van der Waals surface area contributed by atoms with Crippen molar-refractivity contribution < 1.29 is 0 Å². The van der Waals surface area contributed by atoms with Crippen LogP contribution in [0.15, 0.2) is 0 Å². The first-order valence-corrected chi connectivity index (χ1v) is 9.35. The zero-order chi connectivity index (χ0) is 12.6. The number of hydrogen-bond donors (Lipinski definition) is 0. The van der Waals surface area contributed by atoms with E-state index < -0.39 is 0 Å². The molecule has 2 aliphatic carbocycles. The summed E-state index contributed by atoms with van der Waals surface area (Å²) < 4.78 is 0. The molecule has 0 spiro atoms. The minimum Gasteiger partial charge on any atom is -0.297 e. The summed E-state index contributed by atoms with van der Waals surface area (Å²) in [5.41, 5.74) is 0. The van der Waals surface area contributed by atoms with Crippen LogP contribution in [-0.2, 0) is 0 Å². The molecule has 1 nitrogen and oxygen atoms in total. The molecule has 2 heteroatoms. The van der Waals surface area contributed by atoms with Gasteiger partial charge in [0.05, 0.1) is 0 Å². The van der Waals surface area contributed by atoms with E-state index in [-0.39, 0.29) is 0 Å². The lowest BCUT2D eigenvalue weighted by Crippen LogP contribution is -2.45. The van der Waals surface area contributed by atoms with E-state index in [1.54, 1.807) is 0 Å². The van der Waals surface area contributed by atoms with Crippen LogP contribution < -0.4 is 0 Å². The maximum absolute atomic E-state index is 3.57. The van der Waals surface area contributed by atoms with E-state index in [0.29, 0.717) is 0 Å². The van der Waals surface area contributed by atoms with Crippen LogP contribution >= 0.6 is 15.9 Å². The van der Waals surface area contributed by atoms with Crippen molar-refractivity contribution in [3.63, 3.8) is 0 Å². The average molecular weight is 316 g/mol. The van der Waals surface area contributed by atoms with Crippen LogP contribution in [0.4, 0.5) is 0 Å². The van der Waals surface area contributed by atoms with Crippen LogP contribution in [-0.4, -0.2) is 28.9 Å². The second-order valence-corrected chi connectivity index (χ2v) is 7.01. The Balaban J connectivity index is 1.87. The Bertz CT molecular complexity index is 189. The SMILES string of the molecule is BrCCCCN(C1CCCCC1)C1CCCCC1. The lowest BCUT2D eigenvalue weighted by molar-refractivity contribution is 0.0795. The number of unbranched alkanes of at least 4 members (excludes halogenated alkanes) is 1. The molecule has 106 valence electrons. The summed E-state index contributed by atoms with van der Waals surface area (Å²) in [6, 6.07) is 1.86. The number of rotatable bonds is 6. The van der Waals surface area contributed by atoms with Gasteiger partial charge in [0.15, 0.2) is 0 Å². The fourth-order valence-electron chi connectivity index (χ4n) is 3.88. The lowest BCUT2D eigenvalue weighted by atomic mass is 9.88. The second-order valence-electron chi connectivity index (χ2n) is 6.22. The van der Waals surface area contributed by atoms with Crippen LogP contribution in [0, 0.1) is 0 Å². The molecule has 2 aliphatic rings. The molecule has 0 heterocycles. The monoisotopic (exact) mass is 315 g/mol. The van der Waals surface area contributed by atoms with Gasteiger partial charge < -0.3 is 0 Å². The fraction of sp³-hybridized carbons (Fsp3) is 1.00. The molecule has 0 aromatic rings. The molecule has 0 atom stereocenters. The Kier molecular flexibility index (Phi) is 7.07. The van der Waals surface area contributed by atoms with E-state index in [9.17, 15) is 0 Å². The zero-order valence-corrected chi connectivity index (χ0v) is 13.5. The Morgan fingerprint density at radius 1 is 0.722 bits per heavy atom. The molecule has 0 saturated heterocycles. The first kappa shape index (κ1) is 14.8. The van der Waals surface area contributed by atoms with Crippen molar-refractivity contribution in [1.82, 2.24) is 4.90 Å². The quantitative estimate of drug-likeness (QED) is 0.485. The summed E-state index contributed by atoms with van der Waals surface area (Å²) in [5, 5.41) is 1.18. The molecule has 0 radical (unpaired) electrons. The molecule has 0 N–H and O–H groups in total. The number of hydrogen-bond acceptors (Lipinski definition) is 1. The third kappa shape index (κ3) is 4.52. The third-order valence-corrected chi connectivity index (χ3v) is 5.45. The molecule has 0 aliphatic heterocycles. The van der Waals surface area contributed by atoms with Gasteiger partial charge in [0.1, 0.15) is 0 Å². The summed E-state index contributed by atoms with van der Waals surface area (Å²) in [6.45, 7) is 1.36. The first-order chi connectivity index (χ1) is 8.92. The zero-order valence-electron chi connectivity index (χ0n) is 11.9. The van der Waals surface area contributed by atoms with E-state index in [1.165, 1.54) is 88.9 Å². The van der Waals surface area contributed by atoms with Crippen LogP contribution in [0.1, 0.15) is 77.0 Å². The van der Waals surface area contributed by atoms with Crippen molar-refractivity contribution in [1.29, 1.82) is 0 Å². The highest BCUT2D eigenvalue weighted by Gasteiger charge is 2.28. The highest BCUT2D eigenvalue weighted by molar-refractivity contribution is 9.09. The van der Waals surface area contributed by atoms with Gasteiger partial charge in [-0.25, -0.2) is 0 Å². The molecular weight excluding hydrogens is 286 g/mol. The Hall–Kier alpha value is 0.440. The fourth-order valence-corrected chi connectivity index (χ4v) is 4.27. The summed E-state index contributed by atoms with van der Waals surface area (Å²) >= 11 is 3.57. The molecule has 2 fully saturated rings. The van der Waals surface area contributed by atoms with Gasteiger partial charge in [-0.15, -0.1) is 0 Å². The maximum atomic E-state index is 3.57. The van der Waals surface area contributed by atoms with Gasteiger partial charge >= 0.3 is 0 Å². The Labute approximate surface area is 122 Å². The maximum Gasteiger partial charge on any atom is 0.00981 e. The molecule has 0 bridgehead atoms. The van der Waals surface area contributed by atoms with Crippen molar-refractivity contribution >= 4 is 15.9 Å². The molecule has 2 saturated carbocycles.